The van der Waals surface area contributed by atoms with Crippen LogP contribution >= 0.6 is 0 Å². The second kappa shape index (κ2) is 20.5. The van der Waals surface area contributed by atoms with E-state index in [-0.39, 0.29) is 31.6 Å². The normalized spacial score (nSPS) is 14.5. The number of H-pyrrole nitrogens is 1. The van der Waals surface area contributed by atoms with E-state index in [1.807, 2.05) is 24.3 Å². The number of hydrogen-bond acceptors (Lipinski definition) is 7. The zero-order valence-corrected chi connectivity index (χ0v) is 31.3. The molecule has 0 radical (unpaired) electrons. The smallest absolute Gasteiger partial charge is 0.326 e. The number of hydrogen-bond donors (Lipinski definition) is 8. The van der Waals surface area contributed by atoms with Gasteiger partial charge in [0.2, 0.25) is 29.5 Å². The number of carbonyl (C=O) groups is 7. The average Bonchev–Trinajstić information content (AvgIpc) is 3.53. The van der Waals surface area contributed by atoms with Crippen molar-refractivity contribution in [1.82, 2.24) is 31.6 Å². The molecule has 5 amide bonds. The Morgan fingerprint density at radius 3 is 1.87 bits per heavy atom. The number of amides is 5. The molecule has 1 heterocycles. The summed E-state index contributed by atoms with van der Waals surface area (Å²) in [5, 5.41) is 33.2. The van der Waals surface area contributed by atoms with Gasteiger partial charge in [-0.25, -0.2) is 4.79 Å². The summed E-state index contributed by atoms with van der Waals surface area (Å²) in [6.07, 6.45) is 1.44. The number of nitrogens with one attached hydrogen (secondary N) is 6. The second-order valence-corrected chi connectivity index (χ2v) is 14.0. The van der Waals surface area contributed by atoms with Crippen molar-refractivity contribution in [3.8, 4) is 0 Å². The molecule has 0 spiro atoms. The average molecular weight is 749 g/mol. The molecule has 0 fully saturated rings. The Kier molecular flexibility index (Phi) is 16.2. The summed E-state index contributed by atoms with van der Waals surface area (Å²) >= 11 is 0. The van der Waals surface area contributed by atoms with Crippen molar-refractivity contribution in [3.63, 3.8) is 0 Å². The van der Waals surface area contributed by atoms with Gasteiger partial charge >= 0.3 is 11.9 Å². The van der Waals surface area contributed by atoms with Crippen LogP contribution in [0, 0.1) is 11.8 Å². The van der Waals surface area contributed by atoms with Crippen LogP contribution in [-0.4, -0.2) is 86.9 Å². The molecule has 6 atom stereocenters. The maximum atomic E-state index is 14.0. The van der Waals surface area contributed by atoms with Gasteiger partial charge in [0, 0.05) is 43.3 Å². The molecule has 2 aromatic carbocycles. The van der Waals surface area contributed by atoms with Crippen LogP contribution in [0.1, 0.15) is 71.4 Å². The van der Waals surface area contributed by atoms with Gasteiger partial charge in [0.1, 0.15) is 30.2 Å². The van der Waals surface area contributed by atoms with E-state index in [0.29, 0.717) is 12.0 Å². The SMILES string of the molecule is CC[C@H](C)[C@H](NC(=O)[C@H](Cc1ccccc1)NC(C)=O)C(=O)N[C@@H](CCC(=O)O)C(=O)N[C@@H](Cc1c[nH]c2ccccc12)C(=O)N[C@@H](CC(C)C)C(=O)O. The van der Waals surface area contributed by atoms with Crippen LogP contribution in [0.4, 0.5) is 0 Å². The Labute approximate surface area is 314 Å². The predicted molar refractivity (Wildman–Crippen MR) is 201 cm³/mol. The number of carboxylic acid groups (broad SMARTS) is 2. The van der Waals surface area contributed by atoms with Gasteiger partial charge in [0.05, 0.1) is 0 Å². The zero-order valence-electron chi connectivity index (χ0n) is 31.3. The molecule has 15 heteroatoms. The monoisotopic (exact) mass is 748 g/mol. The lowest BCUT2D eigenvalue weighted by molar-refractivity contribution is -0.142. The third-order valence-corrected chi connectivity index (χ3v) is 9.10. The van der Waals surface area contributed by atoms with Crippen molar-refractivity contribution in [2.75, 3.05) is 0 Å². The number of rotatable bonds is 21. The highest BCUT2D eigenvalue weighted by Gasteiger charge is 2.34. The molecular weight excluding hydrogens is 696 g/mol. The second-order valence-electron chi connectivity index (χ2n) is 14.0. The minimum absolute atomic E-state index is 0.0628. The molecule has 0 saturated carbocycles. The van der Waals surface area contributed by atoms with E-state index < -0.39 is 84.0 Å². The van der Waals surface area contributed by atoms with Crippen LogP contribution in [0.15, 0.2) is 60.8 Å². The lowest BCUT2D eigenvalue weighted by atomic mass is 9.96. The van der Waals surface area contributed by atoms with E-state index in [0.717, 1.165) is 16.5 Å². The molecule has 8 N–H and O–H groups in total. The molecular formula is C39H52N6O9. The number of carbonyl (C=O) groups excluding carboxylic acids is 5. The molecule has 0 bridgehead atoms. The summed E-state index contributed by atoms with van der Waals surface area (Å²) in [6.45, 7) is 8.41. The molecule has 1 aromatic heterocycles. The first-order chi connectivity index (χ1) is 25.6. The summed E-state index contributed by atoms with van der Waals surface area (Å²) < 4.78 is 0. The highest BCUT2D eigenvalue weighted by Crippen LogP contribution is 2.20. The summed E-state index contributed by atoms with van der Waals surface area (Å²) in [5.41, 5.74) is 2.19. The number of aliphatic carboxylic acids is 2. The fourth-order valence-electron chi connectivity index (χ4n) is 6.03. The molecule has 3 rings (SSSR count). The van der Waals surface area contributed by atoms with Crippen molar-refractivity contribution in [1.29, 1.82) is 0 Å². The minimum atomic E-state index is -1.46. The van der Waals surface area contributed by atoms with Gasteiger partial charge in [-0.3, -0.25) is 28.8 Å². The van der Waals surface area contributed by atoms with Gasteiger partial charge < -0.3 is 41.8 Å². The fourth-order valence-corrected chi connectivity index (χ4v) is 6.03. The van der Waals surface area contributed by atoms with Crippen molar-refractivity contribution >= 4 is 52.4 Å². The number of carboxylic acids is 2. The van der Waals surface area contributed by atoms with Gasteiger partial charge in [-0.15, -0.1) is 0 Å². The maximum Gasteiger partial charge on any atom is 0.326 e. The quantitative estimate of drug-likeness (QED) is 0.0798. The Morgan fingerprint density at radius 2 is 1.26 bits per heavy atom. The minimum Gasteiger partial charge on any atom is -0.481 e. The van der Waals surface area contributed by atoms with Crippen molar-refractivity contribution in [3.05, 3.63) is 71.9 Å². The highest BCUT2D eigenvalue weighted by molar-refractivity contribution is 5.96. The molecule has 15 nitrogen and oxygen atoms in total. The summed E-state index contributed by atoms with van der Waals surface area (Å²) in [7, 11) is 0. The number of fused-ring (bicyclic) bond motifs is 1. The standard InChI is InChI=1S/C39H52N6O9/c1-6-23(4)34(45-37(51)30(41-24(5)46)19-25-12-8-7-9-13-25)38(52)42-29(16-17-33(47)48)35(49)43-31(36(50)44-32(39(53)54)18-22(2)3)20-26-21-40-28-15-11-10-14-27(26)28/h7-15,21-23,29-32,34,40H,6,16-20H2,1-5H3,(H,41,46)(H,42,52)(H,43,49)(H,44,50)(H,45,51)(H,47,48)(H,53,54)/t23-,29-,30-,31-,32-,34-/m0/s1. The lowest BCUT2D eigenvalue weighted by Crippen LogP contribution is -2.60. The highest BCUT2D eigenvalue weighted by atomic mass is 16.4. The predicted octanol–water partition coefficient (Wildman–Crippen LogP) is 2.44. The summed E-state index contributed by atoms with van der Waals surface area (Å²) in [5.74, 6) is -6.54. The Hall–Kier alpha value is -5.73. The van der Waals surface area contributed by atoms with E-state index in [9.17, 15) is 43.8 Å². The first kappa shape index (κ1) is 42.7. The molecule has 54 heavy (non-hydrogen) atoms. The molecule has 0 saturated heterocycles. The zero-order chi connectivity index (χ0) is 39.9. The number of benzene rings is 2. The van der Waals surface area contributed by atoms with Crippen LogP contribution in [0.2, 0.25) is 0 Å². The van der Waals surface area contributed by atoms with Gasteiger partial charge in [-0.1, -0.05) is 82.6 Å². The maximum absolute atomic E-state index is 14.0. The molecule has 0 aliphatic rings. The van der Waals surface area contributed by atoms with E-state index >= 15 is 0 Å². The largest absolute Gasteiger partial charge is 0.481 e. The summed E-state index contributed by atoms with van der Waals surface area (Å²) in [6, 6.07) is 10.0. The first-order valence-corrected chi connectivity index (χ1v) is 18.1. The number of aromatic amines is 1. The van der Waals surface area contributed by atoms with E-state index in [4.69, 9.17) is 0 Å². The van der Waals surface area contributed by atoms with E-state index in [1.54, 1.807) is 64.2 Å². The van der Waals surface area contributed by atoms with Crippen molar-refractivity contribution in [2.45, 2.75) is 103 Å². The lowest BCUT2D eigenvalue weighted by Gasteiger charge is -2.29. The number of aromatic nitrogens is 1. The Balaban J connectivity index is 1.90. The van der Waals surface area contributed by atoms with Crippen LogP contribution < -0.4 is 26.6 Å². The Morgan fingerprint density at radius 1 is 0.685 bits per heavy atom. The van der Waals surface area contributed by atoms with Gasteiger partial charge in [-0.2, -0.15) is 0 Å². The molecule has 3 aromatic rings. The van der Waals surface area contributed by atoms with Crippen LogP contribution in [-0.2, 0) is 46.4 Å². The van der Waals surface area contributed by atoms with Crippen LogP contribution in [0.3, 0.4) is 0 Å². The summed E-state index contributed by atoms with van der Waals surface area (Å²) in [4.78, 5) is 93.9. The van der Waals surface area contributed by atoms with E-state index in [2.05, 4.69) is 31.6 Å². The first-order valence-electron chi connectivity index (χ1n) is 18.1. The van der Waals surface area contributed by atoms with Crippen molar-refractivity contribution < 1.29 is 43.8 Å². The molecule has 0 aliphatic heterocycles. The molecule has 0 unspecified atom stereocenters. The number of para-hydroxylation sites is 1. The van der Waals surface area contributed by atoms with Crippen molar-refractivity contribution in [2.24, 2.45) is 11.8 Å². The molecule has 292 valence electrons. The van der Waals surface area contributed by atoms with Crippen LogP contribution in [0.25, 0.3) is 10.9 Å². The third kappa shape index (κ3) is 13.0. The van der Waals surface area contributed by atoms with Gasteiger partial charge in [-0.05, 0) is 41.9 Å². The fraction of sp³-hybridized carbons (Fsp3) is 0.462. The van der Waals surface area contributed by atoms with Gasteiger partial charge in [0.15, 0.2) is 0 Å². The van der Waals surface area contributed by atoms with Crippen LogP contribution in [0.5, 0.6) is 0 Å². The molecule has 0 aliphatic carbocycles. The third-order valence-electron chi connectivity index (χ3n) is 9.10. The van der Waals surface area contributed by atoms with Gasteiger partial charge in [0.25, 0.3) is 0 Å². The Bertz CT molecular complexity index is 1780. The van der Waals surface area contributed by atoms with E-state index in [1.165, 1.54) is 6.92 Å². The topological polar surface area (TPSA) is 236 Å².